The maximum atomic E-state index is 6.01. The van der Waals surface area contributed by atoms with Crippen LogP contribution in [0, 0.1) is 0 Å². The summed E-state index contributed by atoms with van der Waals surface area (Å²) in [6.45, 7) is 3.37. The normalized spacial score (nSPS) is 30.8. The minimum atomic E-state index is 0.285. The molecule has 4 aliphatic heterocycles. The van der Waals surface area contributed by atoms with Crippen LogP contribution in [0.2, 0.25) is 0 Å². The monoisotopic (exact) mass is 394 g/mol. The van der Waals surface area contributed by atoms with E-state index in [1.165, 1.54) is 0 Å². The molecule has 4 atom stereocenters. The lowest BCUT2D eigenvalue weighted by molar-refractivity contribution is 0.0293. The van der Waals surface area contributed by atoms with Crippen molar-refractivity contribution in [1.29, 1.82) is 0 Å². The molecule has 0 aliphatic carbocycles. The molecule has 0 saturated carbocycles. The summed E-state index contributed by atoms with van der Waals surface area (Å²) in [4.78, 5) is 19.2. The second kappa shape index (κ2) is 6.81. The number of rotatable bonds is 3. The number of nitrogen functional groups attached to an aromatic ring is 1. The van der Waals surface area contributed by atoms with Crippen molar-refractivity contribution < 1.29 is 9.47 Å². The smallest absolute Gasteiger partial charge is 0.230 e. The number of nitrogens with two attached hydrogens (primary N) is 1. The summed E-state index contributed by atoms with van der Waals surface area (Å²) in [5.41, 5.74) is 7.57. The third-order valence-electron chi connectivity index (χ3n) is 6.43. The van der Waals surface area contributed by atoms with Crippen molar-refractivity contribution in [2.75, 3.05) is 41.7 Å². The van der Waals surface area contributed by atoms with Gasteiger partial charge in [-0.15, -0.1) is 0 Å². The van der Waals surface area contributed by atoms with Gasteiger partial charge in [-0.05, 0) is 49.9 Å². The van der Waals surface area contributed by atoms with E-state index in [0.717, 1.165) is 75.0 Å². The van der Waals surface area contributed by atoms with Crippen LogP contribution in [0.3, 0.4) is 0 Å². The molecule has 8 nitrogen and oxygen atoms in total. The number of benzene rings is 1. The number of hydrogen-bond donors (Lipinski definition) is 1. The van der Waals surface area contributed by atoms with Gasteiger partial charge in [-0.1, -0.05) is 0 Å². The van der Waals surface area contributed by atoms with Crippen molar-refractivity contribution in [2.24, 2.45) is 0 Å². The standard InChI is InChI=1S/C21H26N6O2/c22-14-3-1-13(2-4-14)19-23-20(26-9-15-5-6-16(10-26)28-15)25-21(24-19)27-11-17-7-8-18(12-27)29-17/h1-4,15-18H,5-12,22H2. The molecular formula is C21H26N6O2. The van der Waals surface area contributed by atoms with E-state index in [0.29, 0.717) is 5.82 Å². The predicted molar refractivity (Wildman–Crippen MR) is 110 cm³/mol. The second-order valence-corrected chi connectivity index (χ2v) is 8.61. The van der Waals surface area contributed by atoms with Gasteiger partial charge in [-0.25, -0.2) is 0 Å². The van der Waals surface area contributed by atoms with E-state index in [-0.39, 0.29) is 24.4 Å². The molecule has 4 bridgehead atoms. The van der Waals surface area contributed by atoms with Crippen molar-refractivity contribution in [2.45, 2.75) is 50.1 Å². The first kappa shape index (κ1) is 17.4. The number of nitrogens with zero attached hydrogens (tertiary/aromatic N) is 5. The number of ether oxygens (including phenoxy) is 2. The lowest BCUT2D eigenvalue weighted by Crippen LogP contribution is -2.45. The zero-order valence-electron chi connectivity index (χ0n) is 16.4. The van der Waals surface area contributed by atoms with Crippen LogP contribution >= 0.6 is 0 Å². The molecule has 152 valence electrons. The van der Waals surface area contributed by atoms with Crippen molar-refractivity contribution in [3.8, 4) is 11.4 Å². The molecule has 4 saturated heterocycles. The Kier molecular flexibility index (Phi) is 4.09. The van der Waals surface area contributed by atoms with Gasteiger partial charge in [0, 0.05) is 37.4 Å². The van der Waals surface area contributed by atoms with Gasteiger partial charge in [0.15, 0.2) is 5.82 Å². The SMILES string of the molecule is Nc1ccc(-c2nc(N3CC4CCC(C3)O4)nc(N3CC4CCC(C3)O4)n2)cc1. The Morgan fingerprint density at radius 3 is 1.59 bits per heavy atom. The molecule has 1 aromatic carbocycles. The van der Waals surface area contributed by atoms with Crippen molar-refractivity contribution in [1.82, 2.24) is 15.0 Å². The maximum absolute atomic E-state index is 6.01. The molecule has 5 heterocycles. The van der Waals surface area contributed by atoms with Crippen LogP contribution in [-0.2, 0) is 9.47 Å². The molecular weight excluding hydrogens is 368 g/mol. The van der Waals surface area contributed by atoms with Crippen LogP contribution < -0.4 is 15.5 Å². The van der Waals surface area contributed by atoms with E-state index < -0.39 is 0 Å². The molecule has 4 aliphatic rings. The molecule has 0 radical (unpaired) electrons. The maximum Gasteiger partial charge on any atom is 0.230 e. The highest BCUT2D eigenvalue weighted by molar-refractivity contribution is 5.61. The number of fused-ring (bicyclic) bond motifs is 4. The van der Waals surface area contributed by atoms with Gasteiger partial charge >= 0.3 is 0 Å². The summed E-state index contributed by atoms with van der Waals surface area (Å²) < 4.78 is 12.0. The summed E-state index contributed by atoms with van der Waals surface area (Å²) in [6.07, 6.45) is 5.63. The van der Waals surface area contributed by atoms with E-state index in [1.54, 1.807) is 0 Å². The Morgan fingerprint density at radius 1 is 0.690 bits per heavy atom. The van der Waals surface area contributed by atoms with E-state index in [4.69, 9.17) is 30.2 Å². The highest BCUT2D eigenvalue weighted by Gasteiger charge is 2.37. The lowest BCUT2D eigenvalue weighted by atomic mass is 10.2. The number of anilines is 3. The number of hydrogen-bond acceptors (Lipinski definition) is 8. The van der Waals surface area contributed by atoms with Gasteiger partial charge in [0.2, 0.25) is 11.9 Å². The van der Waals surface area contributed by atoms with E-state index >= 15 is 0 Å². The first-order valence-electron chi connectivity index (χ1n) is 10.6. The van der Waals surface area contributed by atoms with E-state index in [2.05, 4.69) is 9.80 Å². The Morgan fingerprint density at radius 2 is 1.14 bits per heavy atom. The van der Waals surface area contributed by atoms with Crippen LogP contribution in [0.5, 0.6) is 0 Å². The average molecular weight is 394 g/mol. The van der Waals surface area contributed by atoms with Crippen molar-refractivity contribution in [3.05, 3.63) is 24.3 Å². The Bertz CT molecular complexity index is 834. The minimum Gasteiger partial charge on any atom is -0.399 e. The topological polar surface area (TPSA) is 89.6 Å². The summed E-state index contributed by atoms with van der Waals surface area (Å²) in [6, 6.07) is 7.74. The van der Waals surface area contributed by atoms with Crippen LogP contribution in [0.15, 0.2) is 24.3 Å². The van der Waals surface area contributed by atoms with Gasteiger partial charge in [0.1, 0.15) is 0 Å². The molecule has 2 aromatic rings. The summed E-state index contributed by atoms with van der Waals surface area (Å²) in [5, 5.41) is 0. The fraction of sp³-hybridized carbons (Fsp3) is 0.571. The lowest BCUT2D eigenvalue weighted by Gasteiger charge is -2.34. The quantitative estimate of drug-likeness (QED) is 0.789. The zero-order valence-corrected chi connectivity index (χ0v) is 16.4. The van der Waals surface area contributed by atoms with Crippen LogP contribution in [0.25, 0.3) is 11.4 Å². The van der Waals surface area contributed by atoms with Crippen molar-refractivity contribution in [3.63, 3.8) is 0 Å². The summed E-state index contributed by atoms with van der Waals surface area (Å²) >= 11 is 0. The van der Waals surface area contributed by atoms with Gasteiger partial charge in [0.05, 0.1) is 24.4 Å². The van der Waals surface area contributed by atoms with Gasteiger partial charge in [-0.2, -0.15) is 15.0 Å². The summed E-state index contributed by atoms with van der Waals surface area (Å²) in [7, 11) is 0. The largest absolute Gasteiger partial charge is 0.399 e. The van der Waals surface area contributed by atoms with E-state index in [1.807, 2.05) is 24.3 Å². The molecule has 0 amide bonds. The highest BCUT2D eigenvalue weighted by Crippen LogP contribution is 2.32. The first-order valence-corrected chi connectivity index (χ1v) is 10.6. The fourth-order valence-electron chi connectivity index (χ4n) is 4.95. The van der Waals surface area contributed by atoms with Crippen LogP contribution in [-0.4, -0.2) is 65.5 Å². The Labute approximate surface area is 170 Å². The fourth-order valence-corrected chi connectivity index (χ4v) is 4.95. The molecule has 4 unspecified atom stereocenters. The third-order valence-corrected chi connectivity index (χ3v) is 6.43. The Balaban J connectivity index is 1.38. The number of morpholine rings is 2. The van der Waals surface area contributed by atoms with Gasteiger partial charge < -0.3 is 25.0 Å². The predicted octanol–water partition coefficient (Wildman–Crippen LogP) is 1.86. The zero-order chi connectivity index (χ0) is 19.4. The van der Waals surface area contributed by atoms with Crippen molar-refractivity contribution >= 4 is 17.6 Å². The molecule has 4 fully saturated rings. The molecule has 1 aromatic heterocycles. The highest BCUT2D eigenvalue weighted by atomic mass is 16.5. The Hall–Kier alpha value is -2.45. The molecule has 29 heavy (non-hydrogen) atoms. The third kappa shape index (κ3) is 3.30. The van der Waals surface area contributed by atoms with Gasteiger partial charge in [-0.3, -0.25) is 0 Å². The van der Waals surface area contributed by atoms with E-state index in [9.17, 15) is 0 Å². The van der Waals surface area contributed by atoms with Gasteiger partial charge in [0.25, 0.3) is 0 Å². The molecule has 0 spiro atoms. The molecule has 2 N–H and O–H groups in total. The minimum absolute atomic E-state index is 0.285. The summed E-state index contributed by atoms with van der Waals surface area (Å²) in [5.74, 6) is 2.20. The first-order chi connectivity index (χ1) is 14.2. The average Bonchev–Trinajstić information content (AvgIpc) is 3.27. The second-order valence-electron chi connectivity index (χ2n) is 8.61. The van der Waals surface area contributed by atoms with Crippen LogP contribution in [0.4, 0.5) is 17.6 Å². The number of aromatic nitrogens is 3. The molecule has 6 rings (SSSR count). The molecule has 8 heteroatoms. The van der Waals surface area contributed by atoms with Crippen LogP contribution in [0.1, 0.15) is 25.7 Å².